The zero-order valence-corrected chi connectivity index (χ0v) is 17.0. The van der Waals surface area contributed by atoms with E-state index in [9.17, 15) is 13.2 Å². The molecule has 0 aliphatic carbocycles. The lowest BCUT2D eigenvalue weighted by atomic mass is 10.2. The Morgan fingerprint density at radius 1 is 1.14 bits per heavy atom. The standard InChI is InChI=1S/C21H22N4O3S/c1-24-15-18(14-22-24)8-13-21(26)23-19-9-11-20(12-10-19)29(27,28)25(2)16-17-6-4-3-5-7-17/h3-15H,16H2,1-2H3,(H,23,26)/b13-8+. The van der Waals surface area contributed by atoms with E-state index in [1.807, 2.05) is 30.3 Å². The highest BCUT2D eigenvalue weighted by molar-refractivity contribution is 7.89. The van der Waals surface area contributed by atoms with Crippen molar-refractivity contribution >= 4 is 27.7 Å². The Hall–Kier alpha value is -3.23. The van der Waals surface area contributed by atoms with Crippen molar-refractivity contribution in [1.29, 1.82) is 0 Å². The Morgan fingerprint density at radius 3 is 2.45 bits per heavy atom. The number of anilines is 1. The SMILES string of the molecule is CN(Cc1ccccc1)S(=O)(=O)c1ccc(NC(=O)/C=C/c2cnn(C)c2)cc1. The van der Waals surface area contributed by atoms with Crippen LogP contribution in [-0.4, -0.2) is 35.5 Å². The van der Waals surface area contributed by atoms with Crippen LogP contribution in [0, 0.1) is 0 Å². The normalized spacial score (nSPS) is 11.8. The fourth-order valence-electron chi connectivity index (χ4n) is 2.70. The van der Waals surface area contributed by atoms with Gasteiger partial charge in [0.25, 0.3) is 0 Å². The first-order valence-electron chi connectivity index (χ1n) is 8.92. The first kappa shape index (κ1) is 20.5. The molecule has 0 unspecified atom stereocenters. The van der Waals surface area contributed by atoms with E-state index in [-0.39, 0.29) is 17.3 Å². The molecule has 0 aliphatic heterocycles. The van der Waals surface area contributed by atoms with Gasteiger partial charge in [-0.1, -0.05) is 30.3 Å². The van der Waals surface area contributed by atoms with Crippen molar-refractivity contribution in [3.05, 3.63) is 84.2 Å². The molecule has 1 amide bonds. The molecule has 0 spiro atoms. The van der Waals surface area contributed by atoms with Crippen molar-refractivity contribution in [1.82, 2.24) is 14.1 Å². The highest BCUT2D eigenvalue weighted by Gasteiger charge is 2.20. The summed E-state index contributed by atoms with van der Waals surface area (Å²) in [5.41, 5.74) is 2.23. The summed E-state index contributed by atoms with van der Waals surface area (Å²) in [6.07, 6.45) is 6.49. The molecule has 1 heterocycles. The smallest absolute Gasteiger partial charge is 0.248 e. The van der Waals surface area contributed by atoms with Crippen molar-refractivity contribution in [2.45, 2.75) is 11.4 Å². The lowest BCUT2D eigenvalue weighted by Gasteiger charge is -2.17. The van der Waals surface area contributed by atoms with Gasteiger partial charge in [0.05, 0.1) is 11.1 Å². The van der Waals surface area contributed by atoms with E-state index in [2.05, 4.69) is 10.4 Å². The molecular formula is C21H22N4O3S. The summed E-state index contributed by atoms with van der Waals surface area (Å²) in [6, 6.07) is 15.5. The maximum atomic E-state index is 12.8. The van der Waals surface area contributed by atoms with Crippen LogP contribution < -0.4 is 5.32 Å². The minimum Gasteiger partial charge on any atom is -0.323 e. The molecule has 0 saturated heterocycles. The van der Waals surface area contributed by atoms with Gasteiger partial charge >= 0.3 is 0 Å². The second-order valence-electron chi connectivity index (χ2n) is 6.54. The lowest BCUT2D eigenvalue weighted by Crippen LogP contribution is -2.26. The number of aryl methyl sites for hydroxylation is 1. The monoisotopic (exact) mass is 410 g/mol. The summed E-state index contributed by atoms with van der Waals surface area (Å²) in [4.78, 5) is 12.2. The van der Waals surface area contributed by atoms with Gasteiger partial charge in [-0.05, 0) is 35.9 Å². The van der Waals surface area contributed by atoms with E-state index in [1.165, 1.54) is 22.5 Å². The maximum absolute atomic E-state index is 12.8. The van der Waals surface area contributed by atoms with Gasteiger partial charge in [-0.3, -0.25) is 9.48 Å². The highest BCUT2D eigenvalue weighted by Crippen LogP contribution is 2.19. The number of nitrogens with zero attached hydrogens (tertiary/aromatic N) is 3. The number of hydrogen-bond acceptors (Lipinski definition) is 4. The molecule has 0 saturated carbocycles. The zero-order valence-electron chi connectivity index (χ0n) is 16.2. The van der Waals surface area contributed by atoms with Gasteiger partial charge in [-0.25, -0.2) is 8.42 Å². The second kappa shape index (κ2) is 8.85. The summed E-state index contributed by atoms with van der Waals surface area (Å²) in [5.74, 6) is -0.314. The fraction of sp³-hybridized carbons (Fsp3) is 0.143. The van der Waals surface area contributed by atoms with Crippen LogP contribution >= 0.6 is 0 Å². The van der Waals surface area contributed by atoms with E-state index < -0.39 is 10.0 Å². The van der Waals surface area contributed by atoms with Gasteiger partial charge in [0.2, 0.25) is 15.9 Å². The largest absolute Gasteiger partial charge is 0.323 e. The molecule has 0 radical (unpaired) electrons. The van der Waals surface area contributed by atoms with Gasteiger partial charge in [-0.15, -0.1) is 0 Å². The van der Waals surface area contributed by atoms with E-state index in [4.69, 9.17) is 0 Å². The number of carbonyl (C=O) groups is 1. The first-order chi connectivity index (χ1) is 13.8. The Bertz CT molecular complexity index is 1100. The van der Waals surface area contributed by atoms with Gasteiger partial charge in [0.1, 0.15) is 0 Å². The van der Waals surface area contributed by atoms with Crippen molar-refractivity contribution in [3.63, 3.8) is 0 Å². The molecule has 1 aromatic heterocycles. The summed E-state index contributed by atoms with van der Waals surface area (Å²) >= 11 is 0. The average molecular weight is 410 g/mol. The molecule has 8 heteroatoms. The van der Waals surface area contributed by atoms with Crippen LogP contribution in [0.4, 0.5) is 5.69 Å². The Labute approximate surface area is 170 Å². The minimum atomic E-state index is -3.63. The second-order valence-corrected chi connectivity index (χ2v) is 8.59. The fourth-order valence-corrected chi connectivity index (χ4v) is 3.86. The van der Waals surface area contributed by atoms with Crippen LogP contribution in [0.15, 0.2) is 78.0 Å². The number of hydrogen-bond donors (Lipinski definition) is 1. The minimum absolute atomic E-state index is 0.167. The van der Waals surface area contributed by atoms with Crippen molar-refractivity contribution in [3.8, 4) is 0 Å². The van der Waals surface area contributed by atoms with Crippen LogP contribution in [-0.2, 0) is 28.4 Å². The van der Waals surface area contributed by atoms with Crippen LogP contribution in [0.3, 0.4) is 0 Å². The number of nitrogens with one attached hydrogen (secondary N) is 1. The third-order valence-corrected chi connectivity index (χ3v) is 6.05. The summed E-state index contributed by atoms with van der Waals surface area (Å²) in [5, 5.41) is 6.73. The quantitative estimate of drug-likeness (QED) is 0.607. The van der Waals surface area contributed by atoms with Crippen LogP contribution in [0.5, 0.6) is 0 Å². The molecule has 3 rings (SSSR count). The zero-order chi connectivity index (χ0) is 20.9. The predicted molar refractivity (Wildman–Crippen MR) is 112 cm³/mol. The molecule has 2 aromatic carbocycles. The van der Waals surface area contributed by atoms with E-state index in [0.717, 1.165) is 11.1 Å². The molecule has 0 aliphatic rings. The van der Waals surface area contributed by atoms with E-state index in [0.29, 0.717) is 5.69 Å². The number of benzene rings is 2. The Balaban J connectivity index is 1.64. The number of aromatic nitrogens is 2. The van der Waals surface area contributed by atoms with Crippen molar-refractivity contribution in [2.24, 2.45) is 7.05 Å². The van der Waals surface area contributed by atoms with Gasteiger partial charge in [-0.2, -0.15) is 9.40 Å². The predicted octanol–water partition coefficient (Wildman–Crippen LogP) is 2.89. The summed E-state index contributed by atoms with van der Waals surface area (Å²) in [7, 11) is -0.290. The van der Waals surface area contributed by atoms with E-state index in [1.54, 1.807) is 49.4 Å². The molecule has 7 nitrogen and oxygen atoms in total. The molecular weight excluding hydrogens is 388 g/mol. The lowest BCUT2D eigenvalue weighted by molar-refractivity contribution is -0.111. The summed E-state index contributed by atoms with van der Waals surface area (Å²) < 4.78 is 28.4. The molecule has 150 valence electrons. The Kier molecular flexibility index (Phi) is 6.26. The van der Waals surface area contributed by atoms with Gasteiger partial charge in [0.15, 0.2) is 0 Å². The number of sulfonamides is 1. The highest BCUT2D eigenvalue weighted by atomic mass is 32.2. The van der Waals surface area contributed by atoms with Crippen LogP contribution in [0.25, 0.3) is 6.08 Å². The third-order valence-electron chi connectivity index (χ3n) is 4.23. The first-order valence-corrected chi connectivity index (χ1v) is 10.4. The molecule has 0 atom stereocenters. The Morgan fingerprint density at radius 2 is 1.83 bits per heavy atom. The third kappa shape index (κ3) is 5.40. The molecule has 1 N–H and O–H groups in total. The number of amides is 1. The summed E-state index contributed by atoms with van der Waals surface area (Å²) in [6.45, 7) is 0.279. The number of rotatable bonds is 7. The van der Waals surface area contributed by atoms with Crippen LogP contribution in [0.2, 0.25) is 0 Å². The molecule has 29 heavy (non-hydrogen) atoms. The molecule has 3 aromatic rings. The van der Waals surface area contributed by atoms with Crippen molar-refractivity contribution in [2.75, 3.05) is 12.4 Å². The maximum Gasteiger partial charge on any atom is 0.248 e. The van der Waals surface area contributed by atoms with Gasteiger partial charge < -0.3 is 5.32 Å². The van der Waals surface area contributed by atoms with Crippen molar-refractivity contribution < 1.29 is 13.2 Å². The molecule has 0 bridgehead atoms. The van der Waals surface area contributed by atoms with Gasteiger partial charge in [0, 0.05) is 44.2 Å². The number of carbonyl (C=O) groups excluding carboxylic acids is 1. The molecule has 0 fully saturated rings. The van der Waals surface area contributed by atoms with Crippen LogP contribution in [0.1, 0.15) is 11.1 Å². The topological polar surface area (TPSA) is 84.3 Å². The average Bonchev–Trinajstić information content (AvgIpc) is 3.13. The van der Waals surface area contributed by atoms with E-state index >= 15 is 0 Å².